The van der Waals surface area contributed by atoms with E-state index in [4.69, 9.17) is 0 Å². The fourth-order valence-corrected chi connectivity index (χ4v) is 3.95. The second-order valence-corrected chi connectivity index (χ2v) is 8.82. The van der Waals surface area contributed by atoms with E-state index in [1.165, 1.54) is 6.26 Å². The zero-order chi connectivity index (χ0) is 18.9. The number of aromatic nitrogens is 2. The van der Waals surface area contributed by atoms with Crippen LogP contribution in [0.4, 0.5) is 5.69 Å². The Morgan fingerprint density at radius 1 is 1.19 bits per heavy atom. The highest BCUT2D eigenvalue weighted by Gasteiger charge is 2.26. The van der Waals surface area contributed by atoms with Gasteiger partial charge in [-0.05, 0) is 37.1 Å². The molecule has 1 fully saturated rings. The zero-order valence-corrected chi connectivity index (χ0v) is 16.1. The molecule has 140 valence electrons. The van der Waals surface area contributed by atoms with Crippen molar-refractivity contribution in [1.82, 2.24) is 14.7 Å². The average Bonchev–Trinajstić information content (AvgIpc) is 3.06. The van der Waals surface area contributed by atoms with Gasteiger partial charge in [0.2, 0.25) is 0 Å². The van der Waals surface area contributed by atoms with Crippen LogP contribution in [0.3, 0.4) is 0 Å². The standard InChI is InChI=1S/C18H24N4O3S/c1-20-13-14(12-19-20)18(23)21(2)15-8-10-22(11-9-15)16-4-6-17(7-5-16)26(3,24)25/h4-7,12-13,15H,8-11H2,1-3H3. The number of hydrogen-bond donors (Lipinski definition) is 0. The molecule has 0 atom stereocenters. The fraction of sp³-hybridized carbons (Fsp3) is 0.444. The predicted octanol–water partition coefficient (Wildman–Crippen LogP) is 1.56. The lowest BCUT2D eigenvalue weighted by molar-refractivity contribution is 0.0709. The molecule has 1 amide bonds. The van der Waals surface area contributed by atoms with Gasteiger partial charge in [-0.3, -0.25) is 9.48 Å². The molecule has 3 rings (SSSR count). The lowest BCUT2D eigenvalue weighted by Gasteiger charge is -2.37. The van der Waals surface area contributed by atoms with E-state index >= 15 is 0 Å². The van der Waals surface area contributed by atoms with E-state index in [0.29, 0.717) is 10.5 Å². The monoisotopic (exact) mass is 376 g/mol. The van der Waals surface area contributed by atoms with Gasteiger partial charge in [-0.25, -0.2) is 8.42 Å². The van der Waals surface area contributed by atoms with Crippen LogP contribution in [0.1, 0.15) is 23.2 Å². The van der Waals surface area contributed by atoms with E-state index in [-0.39, 0.29) is 11.9 Å². The van der Waals surface area contributed by atoms with Crippen LogP contribution in [0.15, 0.2) is 41.6 Å². The number of benzene rings is 1. The van der Waals surface area contributed by atoms with Crippen LogP contribution < -0.4 is 4.90 Å². The number of rotatable bonds is 4. The van der Waals surface area contributed by atoms with Gasteiger partial charge < -0.3 is 9.80 Å². The van der Waals surface area contributed by atoms with Crippen LogP contribution in [-0.4, -0.2) is 61.4 Å². The quantitative estimate of drug-likeness (QED) is 0.810. The Morgan fingerprint density at radius 2 is 1.81 bits per heavy atom. The van der Waals surface area contributed by atoms with Crippen molar-refractivity contribution in [3.8, 4) is 0 Å². The van der Waals surface area contributed by atoms with E-state index in [1.807, 2.05) is 19.2 Å². The largest absolute Gasteiger partial charge is 0.371 e. The lowest BCUT2D eigenvalue weighted by atomic mass is 10.0. The fourth-order valence-electron chi connectivity index (χ4n) is 3.32. The Morgan fingerprint density at radius 3 is 2.31 bits per heavy atom. The highest BCUT2D eigenvalue weighted by atomic mass is 32.2. The maximum absolute atomic E-state index is 12.5. The molecule has 0 spiro atoms. The molecule has 7 nitrogen and oxygen atoms in total. The highest BCUT2D eigenvalue weighted by molar-refractivity contribution is 7.90. The molecule has 0 aliphatic carbocycles. The van der Waals surface area contributed by atoms with Gasteiger partial charge in [-0.1, -0.05) is 0 Å². The summed E-state index contributed by atoms with van der Waals surface area (Å²) in [5, 5.41) is 4.06. The molecule has 0 radical (unpaired) electrons. The van der Waals surface area contributed by atoms with Crippen molar-refractivity contribution in [3.63, 3.8) is 0 Å². The summed E-state index contributed by atoms with van der Waals surface area (Å²) in [6.07, 6.45) is 6.28. The predicted molar refractivity (Wildman–Crippen MR) is 100 cm³/mol. The first-order valence-corrected chi connectivity index (χ1v) is 10.5. The topological polar surface area (TPSA) is 75.5 Å². The summed E-state index contributed by atoms with van der Waals surface area (Å²) in [4.78, 5) is 16.9. The molecule has 1 aromatic carbocycles. The van der Waals surface area contributed by atoms with Crippen molar-refractivity contribution in [2.24, 2.45) is 7.05 Å². The first-order valence-electron chi connectivity index (χ1n) is 8.56. The third kappa shape index (κ3) is 3.90. The van der Waals surface area contributed by atoms with Crippen molar-refractivity contribution in [1.29, 1.82) is 0 Å². The molecule has 1 aromatic heterocycles. The summed E-state index contributed by atoms with van der Waals surface area (Å²) in [5.74, 6) is -0.00550. The summed E-state index contributed by atoms with van der Waals surface area (Å²) in [7, 11) is 0.466. The molecule has 1 aliphatic heterocycles. The van der Waals surface area contributed by atoms with Crippen LogP contribution >= 0.6 is 0 Å². The van der Waals surface area contributed by atoms with Crippen molar-refractivity contribution in [2.75, 3.05) is 31.3 Å². The Hall–Kier alpha value is -2.35. The molecule has 2 heterocycles. The number of carbonyl (C=O) groups is 1. The summed E-state index contributed by atoms with van der Waals surface area (Å²) < 4.78 is 24.8. The Balaban J connectivity index is 1.61. The Bertz CT molecular complexity index is 881. The van der Waals surface area contributed by atoms with Gasteiger partial charge >= 0.3 is 0 Å². The van der Waals surface area contributed by atoms with Gasteiger partial charge in [0.25, 0.3) is 5.91 Å². The first kappa shape index (κ1) is 18.4. The van der Waals surface area contributed by atoms with Gasteiger partial charge in [-0.15, -0.1) is 0 Å². The number of amides is 1. The van der Waals surface area contributed by atoms with E-state index in [2.05, 4.69) is 10.00 Å². The molecule has 0 saturated carbocycles. The van der Waals surface area contributed by atoms with Gasteiger partial charge in [0.1, 0.15) is 0 Å². The molecular formula is C18H24N4O3S. The molecule has 1 aliphatic rings. The SMILES string of the molecule is CN(C(=O)c1cnn(C)c1)C1CCN(c2ccc(S(C)(=O)=O)cc2)CC1. The third-order valence-electron chi connectivity index (χ3n) is 4.91. The number of aryl methyl sites for hydroxylation is 1. The average molecular weight is 376 g/mol. The molecule has 26 heavy (non-hydrogen) atoms. The minimum atomic E-state index is -3.17. The van der Waals surface area contributed by atoms with E-state index in [9.17, 15) is 13.2 Å². The first-order chi connectivity index (χ1) is 12.3. The number of carbonyl (C=O) groups excluding carboxylic acids is 1. The molecule has 0 bridgehead atoms. The van der Waals surface area contributed by atoms with Crippen LogP contribution in [0.5, 0.6) is 0 Å². The van der Waals surface area contributed by atoms with Crippen molar-refractivity contribution in [3.05, 3.63) is 42.2 Å². The van der Waals surface area contributed by atoms with Crippen LogP contribution in [0.25, 0.3) is 0 Å². The van der Waals surface area contributed by atoms with Crippen LogP contribution in [0.2, 0.25) is 0 Å². The van der Waals surface area contributed by atoms with Crippen molar-refractivity contribution < 1.29 is 13.2 Å². The number of hydrogen-bond acceptors (Lipinski definition) is 5. The van der Waals surface area contributed by atoms with Gasteiger partial charge in [0.05, 0.1) is 16.7 Å². The van der Waals surface area contributed by atoms with E-state index < -0.39 is 9.84 Å². The molecule has 8 heteroatoms. The van der Waals surface area contributed by atoms with Crippen molar-refractivity contribution >= 4 is 21.4 Å². The highest BCUT2D eigenvalue weighted by Crippen LogP contribution is 2.24. The normalized spacial score (nSPS) is 15.9. The number of sulfone groups is 1. The second-order valence-electron chi connectivity index (χ2n) is 6.80. The molecule has 1 saturated heterocycles. The van der Waals surface area contributed by atoms with Gasteiger partial charge in [-0.2, -0.15) is 5.10 Å². The molecule has 0 N–H and O–H groups in total. The van der Waals surface area contributed by atoms with Gasteiger partial charge in [0.15, 0.2) is 9.84 Å². The maximum atomic E-state index is 12.5. The summed E-state index contributed by atoms with van der Waals surface area (Å²) in [5.41, 5.74) is 1.62. The zero-order valence-electron chi connectivity index (χ0n) is 15.3. The van der Waals surface area contributed by atoms with Crippen LogP contribution in [-0.2, 0) is 16.9 Å². The summed E-state index contributed by atoms with van der Waals surface area (Å²) in [6.45, 7) is 1.65. The van der Waals surface area contributed by atoms with Crippen molar-refractivity contribution in [2.45, 2.75) is 23.8 Å². The number of piperidine rings is 1. The number of anilines is 1. The maximum Gasteiger partial charge on any atom is 0.257 e. The number of nitrogens with zero attached hydrogens (tertiary/aromatic N) is 4. The summed E-state index contributed by atoms with van der Waals surface area (Å²) in [6, 6.07) is 7.18. The molecular weight excluding hydrogens is 352 g/mol. The Labute approximate surface area is 154 Å². The summed E-state index contributed by atoms with van der Waals surface area (Å²) >= 11 is 0. The van der Waals surface area contributed by atoms with E-state index in [1.54, 1.807) is 41.2 Å². The minimum absolute atomic E-state index is 0.00550. The van der Waals surface area contributed by atoms with Gasteiger partial charge in [0, 0.05) is 51.4 Å². The van der Waals surface area contributed by atoms with Crippen LogP contribution in [0, 0.1) is 0 Å². The Kier molecular flexibility index (Phi) is 5.04. The van der Waals surface area contributed by atoms with E-state index in [0.717, 1.165) is 31.6 Å². The third-order valence-corrected chi connectivity index (χ3v) is 6.04. The lowest BCUT2D eigenvalue weighted by Crippen LogP contribution is -2.45. The molecule has 2 aromatic rings. The minimum Gasteiger partial charge on any atom is -0.371 e. The smallest absolute Gasteiger partial charge is 0.257 e. The second kappa shape index (κ2) is 7.11. The molecule has 0 unspecified atom stereocenters.